The number of pyridine rings is 1. The Morgan fingerprint density at radius 1 is 1.26 bits per heavy atom. The van der Waals surface area contributed by atoms with Crippen molar-refractivity contribution in [3.63, 3.8) is 0 Å². The van der Waals surface area contributed by atoms with E-state index in [1.807, 2.05) is 37.3 Å². The average Bonchev–Trinajstić information content (AvgIpc) is 2.37. The zero-order chi connectivity index (χ0) is 13.8. The first-order chi connectivity index (χ1) is 9.04. The highest BCUT2D eigenvalue weighted by atomic mass is 79.9. The zero-order valence-electron chi connectivity index (χ0n) is 10.3. The van der Waals surface area contributed by atoms with Gasteiger partial charge in [-0.1, -0.05) is 28.1 Å². The van der Waals surface area contributed by atoms with Crippen molar-refractivity contribution in [3.8, 4) is 0 Å². The molecule has 1 amide bonds. The first-order valence-electron chi connectivity index (χ1n) is 5.71. The van der Waals surface area contributed by atoms with Crippen molar-refractivity contribution < 1.29 is 4.79 Å². The molecular formula is C14H12Br2N2O. The Morgan fingerprint density at radius 2 is 1.95 bits per heavy atom. The van der Waals surface area contributed by atoms with Crippen LogP contribution in [0.15, 0.2) is 45.6 Å². The molecule has 0 aliphatic rings. The minimum atomic E-state index is -0.0501. The summed E-state index contributed by atoms with van der Waals surface area (Å²) in [5.74, 6) is -0.0501. The highest BCUT2D eigenvalue weighted by molar-refractivity contribution is 9.10. The highest BCUT2D eigenvalue weighted by Gasteiger charge is 2.05. The molecule has 0 radical (unpaired) electrons. The molecule has 0 saturated carbocycles. The van der Waals surface area contributed by atoms with E-state index in [1.54, 1.807) is 6.20 Å². The topological polar surface area (TPSA) is 42.0 Å². The number of aromatic nitrogens is 1. The molecule has 0 spiro atoms. The summed E-state index contributed by atoms with van der Waals surface area (Å²) in [6, 6.07) is 9.59. The van der Waals surface area contributed by atoms with E-state index in [4.69, 9.17) is 0 Å². The quantitative estimate of drug-likeness (QED) is 0.810. The molecule has 2 rings (SSSR count). The van der Waals surface area contributed by atoms with E-state index in [9.17, 15) is 4.79 Å². The fourth-order valence-electron chi connectivity index (χ4n) is 1.62. The van der Waals surface area contributed by atoms with Gasteiger partial charge in [0.1, 0.15) is 4.60 Å². The van der Waals surface area contributed by atoms with Crippen LogP contribution in [0.2, 0.25) is 0 Å². The fraction of sp³-hybridized carbons (Fsp3) is 0.143. The number of anilines is 1. The highest BCUT2D eigenvalue weighted by Crippen LogP contribution is 2.17. The fourth-order valence-corrected chi connectivity index (χ4v) is 2.10. The van der Waals surface area contributed by atoms with E-state index >= 15 is 0 Å². The monoisotopic (exact) mass is 382 g/mol. The van der Waals surface area contributed by atoms with Crippen LogP contribution in [-0.4, -0.2) is 10.9 Å². The van der Waals surface area contributed by atoms with Gasteiger partial charge >= 0.3 is 0 Å². The van der Waals surface area contributed by atoms with Gasteiger partial charge in [0.2, 0.25) is 5.91 Å². The van der Waals surface area contributed by atoms with Crippen LogP contribution in [0.25, 0.3) is 0 Å². The molecule has 3 nitrogen and oxygen atoms in total. The van der Waals surface area contributed by atoms with Gasteiger partial charge < -0.3 is 5.32 Å². The second kappa shape index (κ2) is 6.30. The lowest BCUT2D eigenvalue weighted by Gasteiger charge is -2.06. The van der Waals surface area contributed by atoms with Gasteiger partial charge in [0.05, 0.1) is 18.3 Å². The van der Waals surface area contributed by atoms with E-state index < -0.39 is 0 Å². The minimum absolute atomic E-state index is 0.0501. The maximum absolute atomic E-state index is 11.9. The number of benzene rings is 1. The summed E-state index contributed by atoms with van der Waals surface area (Å²) in [5.41, 5.74) is 2.67. The maximum Gasteiger partial charge on any atom is 0.228 e. The number of rotatable bonds is 3. The van der Waals surface area contributed by atoms with Gasteiger partial charge in [-0.15, -0.1) is 0 Å². The van der Waals surface area contributed by atoms with Crippen molar-refractivity contribution in [2.75, 3.05) is 5.32 Å². The zero-order valence-corrected chi connectivity index (χ0v) is 13.5. The molecule has 98 valence electrons. The van der Waals surface area contributed by atoms with Gasteiger partial charge in [0, 0.05) is 4.47 Å². The van der Waals surface area contributed by atoms with Gasteiger partial charge in [0.15, 0.2) is 0 Å². The Hall–Kier alpha value is -1.20. The number of amides is 1. The molecule has 0 aliphatic carbocycles. The largest absolute Gasteiger partial charge is 0.324 e. The molecule has 0 aliphatic heterocycles. The summed E-state index contributed by atoms with van der Waals surface area (Å²) >= 11 is 6.69. The Morgan fingerprint density at radius 3 is 2.58 bits per heavy atom. The van der Waals surface area contributed by atoms with Crippen LogP contribution in [-0.2, 0) is 11.2 Å². The number of nitrogens with zero attached hydrogens (tertiary/aromatic N) is 1. The predicted octanol–water partition coefficient (Wildman–Crippen LogP) is 4.10. The van der Waals surface area contributed by atoms with Crippen LogP contribution in [0.5, 0.6) is 0 Å². The standard InChI is InChI=1S/C14H12Br2N2O/c1-9-6-12(8-17-14(9)16)18-13(19)7-10-2-4-11(15)5-3-10/h2-6,8H,7H2,1H3,(H,18,19). The number of carbonyl (C=O) groups excluding carboxylic acids is 1. The molecule has 1 N–H and O–H groups in total. The molecule has 5 heteroatoms. The number of hydrogen-bond donors (Lipinski definition) is 1. The van der Waals surface area contributed by atoms with Crippen molar-refractivity contribution in [3.05, 3.63) is 56.7 Å². The van der Waals surface area contributed by atoms with Gasteiger partial charge in [-0.25, -0.2) is 4.98 Å². The van der Waals surface area contributed by atoms with Crippen LogP contribution < -0.4 is 5.32 Å². The first-order valence-corrected chi connectivity index (χ1v) is 7.29. The number of nitrogens with one attached hydrogen (secondary N) is 1. The third-order valence-corrected chi connectivity index (χ3v) is 3.93. The summed E-state index contributed by atoms with van der Waals surface area (Å²) in [5, 5.41) is 2.84. The van der Waals surface area contributed by atoms with E-state index in [0.29, 0.717) is 12.1 Å². The Labute approximate surface area is 128 Å². The third-order valence-electron chi connectivity index (χ3n) is 2.58. The summed E-state index contributed by atoms with van der Waals surface area (Å²) in [6.45, 7) is 1.93. The van der Waals surface area contributed by atoms with Crippen molar-refractivity contribution in [1.29, 1.82) is 0 Å². The van der Waals surface area contributed by atoms with Crippen molar-refractivity contribution >= 4 is 43.5 Å². The van der Waals surface area contributed by atoms with E-state index in [2.05, 4.69) is 42.2 Å². The van der Waals surface area contributed by atoms with Crippen molar-refractivity contribution in [1.82, 2.24) is 4.98 Å². The smallest absolute Gasteiger partial charge is 0.228 e. The molecule has 1 aromatic heterocycles. The van der Waals surface area contributed by atoms with Crippen LogP contribution in [0.4, 0.5) is 5.69 Å². The van der Waals surface area contributed by atoms with E-state index in [1.165, 1.54) is 0 Å². The van der Waals surface area contributed by atoms with E-state index in [-0.39, 0.29) is 5.91 Å². The normalized spacial score (nSPS) is 10.3. The average molecular weight is 384 g/mol. The lowest BCUT2D eigenvalue weighted by molar-refractivity contribution is -0.115. The van der Waals surface area contributed by atoms with Gasteiger partial charge in [-0.2, -0.15) is 0 Å². The minimum Gasteiger partial charge on any atom is -0.324 e. The third kappa shape index (κ3) is 4.14. The van der Waals surface area contributed by atoms with Crippen LogP contribution in [0.3, 0.4) is 0 Å². The lowest BCUT2D eigenvalue weighted by atomic mass is 10.1. The van der Waals surface area contributed by atoms with Crippen molar-refractivity contribution in [2.24, 2.45) is 0 Å². The molecule has 0 fully saturated rings. The molecule has 0 saturated heterocycles. The Kier molecular flexibility index (Phi) is 4.71. The van der Waals surface area contributed by atoms with Gasteiger partial charge in [-0.3, -0.25) is 4.79 Å². The van der Waals surface area contributed by atoms with Gasteiger partial charge in [0.25, 0.3) is 0 Å². The number of carbonyl (C=O) groups is 1. The number of hydrogen-bond acceptors (Lipinski definition) is 2. The Bertz CT molecular complexity index is 597. The lowest BCUT2D eigenvalue weighted by Crippen LogP contribution is -2.14. The number of aryl methyl sites for hydroxylation is 1. The summed E-state index contributed by atoms with van der Waals surface area (Å²) in [4.78, 5) is 16.0. The van der Waals surface area contributed by atoms with Crippen LogP contribution >= 0.6 is 31.9 Å². The summed E-state index contributed by atoms with van der Waals surface area (Å²) in [7, 11) is 0. The van der Waals surface area contributed by atoms with Crippen LogP contribution in [0, 0.1) is 6.92 Å². The summed E-state index contributed by atoms with van der Waals surface area (Å²) < 4.78 is 1.79. The first kappa shape index (κ1) is 14.2. The molecule has 1 heterocycles. The molecule has 2 aromatic rings. The second-order valence-electron chi connectivity index (χ2n) is 4.18. The predicted molar refractivity (Wildman–Crippen MR) is 83.1 cm³/mol. The number of halogens is 2. The molecular weight excluding hydrogens is 372 g/mol. The summed E-state index contributed by atoms with van der Waals surface area (Å²) in [6.07, 6.45) is 1.99. The van der Waals surface area contributed by atoms with E-state index in [0.717, 1.165) is 20.2 Å². The van der Waals surface area contributed by atoms with Crippen LogP contribution in [0.1, 0.15) is 11.1 Å². The second-order valence-corrected chi connectivity index (χ2v) is 5.85. The molecule has 1 aromatic carbocycles. The Balaban J connectivity index is 2.01. The molecule has 19 heavy (non-hydrogen) atoms. The molecule has 0 unspecified atom stereocenters. The SMILES string of the molecule is Cc1cc(NC(=O)Cc2ccc(Br)cc2)cnc1Br. The van der Waals surface area contributed by atoms with Gasteiger partial charge in [-0.05, 0) is 52.2 Å². The maximum atomic E-state index is 11.9. The molecule has 0 atom stereocenters. The molecule has 0 bridgehead atoms. The van der Waals surface area contributed by atoms with Crippen molar-refractivity contribution in [2.45, 2.75) is 13.3 Å².